The molecule has 22 heavy (non-hydrogen) atoms. The third kappa shape index (κ3) is 2.59. The van der Waals surface area contributed by atoms with Crippen LogP contribution >= 0.6 is 11.3 Å². The summed E-state index contributed by atoms with van der Waals surface area (Å²) in [5.74, 6) is 0.0699. The van der Waals surface area contributed by atoms with Gasteiger partial charge in [-0.3, -0.25) is 9.59 Å². The van der Waals surface area contributed by atoms with Gasteiger partial charge in [0.1, 0.15) is 5.69 Å². The zero-order chi connectivity index (χ0) is 15.9. The summed E-state index contributed by atoms with van der Waals surface area (Å²) in [4.78, 5) is 34.8. The minimum Gasteiger partial charge on any atom is -0.354 e. The molecular formula is C16H19N3O2S. The van der Waals surface area contributed by atoms with E-state index >= 15 is 0 Å². The van der Waals surface area contributed by atoms with Gasteiger partial charge < -0.3 is 9.88 Å². The normalized spacial score (nSPS) is 14.0. The van der Waals surface area contributed by atoms with Gasteiger partial charge in [0.25, 0.3) is 5.91 Å². The average Bonchev–Trinajstić information content (AvgIpc) is 3.03. The minimum atomic E-state index is -0.0780. The molecule has 0 unspecified atom stereocenters. The second kappa shape index (κ2) is 5.68. The molecule has 5 nitrogen and oxygen atoms in total. The van der Waals surface area contributed by atoms with Gasteiger partial charge in [-0.25, -0.2) is 4.98 Å². The van der Waals surface area contributed by atoms with Crippen molar-refractivity contribution in [1.29, 1.82) is 0 Å². The lowest BCUT2D eigenvalue weighted by Gasteiger charge is -2.15. The molecule has 0 aliphatic heterocycles. The number of carbonyl (C=O) groups is 2. The van der Waals surface area contributed by atoms with Crippen LogP contribution in [0.1, 0.15) is 54.8 Å². The molecule has 0 radical (unpaired) electrons. The first kappa shape index (κ1) is 15.0. The van der Waals surface area contributed by atoms with E-state index in [9.17, 15) is 9.59 Å². The number of hydrogen-bond acceptors (Lipinski definition) is 4. The van der Waals surface area contributed by atoms with Gasteiger partial charge in [-0.05, 0) is 32.3 Å². The summed E-state index contributed by atoms with van der Waals surface area (Å²) < 4.78 is 0. The number of H-pyrrole nitrogens is 1. The Morgan fingerprint density at radius 2 is 2.18 bits per heavy atom. The van der Waals surface area contributed by atoms with Crippen LogP contribution in [0, 0.1) is 13.8 Å². The SMILES string of the molecule is Cc1ncc(CN(C)C(=O)c2[nH]c3c(c2C)C(=O)CCC3)s1. The Morgan fingerprint density at radius 1 is 1.41 bits per heavy atom. The summed E-state index contributed by atoms with van der Waals surface area (Å²) in [6, 6.07) is 0. The van der Waals surface area contributed by atoms with Crippen LogP contribution in [0.5, 0.6) is 0 Å². The van der Waals surface area contributed by atoms with Crippen molar-refractivity contribution in [2.75, 3.05) is 7.05 Å². The number of thiazole rings is 1. The van der Waals surface area contributed by atoms with E-state index < -0.39 is 0 Å². The number of Topliss-reactive ketones (excluding diaryl/α,β-unsaturated/α-hetero) is 1. The predicted octanol–water partition coefficient (Wildman–Crippen LogP) is 2.88. The van der Waals surface area contributed by atoms with E-state index in [4.69, 9.17) is 0 Å². The van der Waals surface area contributed by atoms with E-state index in [0.29, 0.717) is 18.7 Å². The van der Waals surface area contributed by atoms with Gasteiger partial charge in [0.05, 0.1) is 11.6 Å². The summed E-state index contributed by atoms with van der Waals surface area (Å²) >= 11 is 1.59. The number of aromatic nitrogens is 2. The van der Waals surface area contributed by atoms with E-state index in [1.165, 1.54) is 0 Å². The van der Waals surface area contributed by atoms with Gasteiger partial charge in [-0.15, -0.1) is 11.3 Å². The number of amides is 1. The highest BCUT2D eigenvalue weighted by Gasteiger charge is 2.27. The van der Waals surface area contributed by atoms with Crippen LogP contribution in [0.25, 0.3) is 0 Å². The summed E-state index contributed by atoms with van der Waals surface area (Å²) in [6.07, 6.45) is 4.08. The van der Waals surface area contributed by atoms with Gasteiger partial charge in [-0.1, -0.05) is 0 Å². The third-order valence-electron chi connectivity index (χ3n) is 4.06. The van der Waals surface area contributed by atoms with E-state index in [1.807, 2.05) is 13.8 Å². The highest BCUT2D eigenvalue weighted by Crippen LogP contribution is 2.27. The lowest BCUT2D eigenvalue weighted by atomic mass is 9.94. The van der Waals surface area contributed by atoms with Gasteiger partial charge in [0.2, 0.25) is 0 Å². The number of hydrogen-bond donors (Lipinski definition) is 1. The van der Waals surface area contributed by atoms with Crippen molar-refractivity contribution in [2.24, 2.45) is 0 Å². The molecule has 1 amide bonds. The van der Waals surface area contributed by atoms with E-state index in [0.717, 1.165) is 39.5 Å². The molecule has 1 aliphatic rings. The number of nitrogens with one attached hydrogen (secondary N) is 1. The van der Waals surface area contributed by atoms with Crippen molar-refractivity contribution >= 4 is 23.0 Å². The Hall–Kier alpha value is -1.95. The molecule has 0 saturated carbocycles. The number of aryl methyl sites for hydroxylation is 2. The van der Waals surface area contributed by atoms with Gasteiger partial charge in [0, 0.05) is 35.8 Å². The zero-order valence-electron chi connectivity index (χ0n) is 13.0. The highest BCUT2D eigenvalue weighted by atomic mass is 32.1. The van der Waals surface area contributed by atoms with Crippen molar-refractivity contribution < 1.29 is 9.59 Å². The Labute approximate surface area is 133 Å². The maximum Gasteiger partial charge on any atom is 0.270 e. The molecule has 0 atom stereocenters. The third-order valence-corrected chi connectivity index (χ3v) is 4.96. The predicted molar refractivity (Wildman–Crippen MR) is 85.4 cm³/mol. The quantitative estimate of drug-likeness (QED) is 0.946. The van der Waals surface area contributed by atoms with Crippen molar-refractivity contribution in [3.8, 4) is 0 Å². The number of carbonyl (C=O) groups excluding carboxylic acids is 2. The number of aromatic amines is 1. The van der Waals surface area contributed by atoms with E-state index in [2.05, 4.69) is 9.97 Å². The summed E-state index contributed by atoms with van der Waals surface area (Å²) in [6.45, 7) is 4.34. The summed E-state index contributed by atoms with van der Waals surface area (Å²) in [7, 11) is 1.78. The fraction of sp³-hybridized carbons (Fsp3) is 0.438. The smallest absolute Gasteiger partial charge is 0.270 e. The largest absolute Gasteiger partial charge is 0.354 e. The number of nitrogens with zero attached hydrogens (tertiary/aromatic N) is 2. The first-order valence-corrected chi connectivity index (χ1v) is 8.20. The molecule has 6 heteroatoms. The standard InChI is InChI=1S/C16H19N3O2S/c1-9-14-12(5-4-6-13(14)20)18-15(9)16(21)19(3)8-11-7-17-10(2)22-11/h7,18H,4-6,8H2,1-3H3. The molecule has 2 aromatic rings. The van der Waals surface area contributed by atoms with Crippen LogP contribution in [0.4, 0.5) is 0 Å². The fourth-order valence-electron chi connectivity index (χ4n) is 2.96. The van der Waals surface area contributed by atoms with Crippen LogP contribution in [0.3, 0.4) is 0 Å². The minimum absolute atomic E-state index is 0.0780. The Kier molecular flexibility index (Phi) is 3.87. The first-order valence-electron chi connectivity index (χ1n) is 7.38. The molecule has 0 aromatic carbocycles. The van der Waals surface area contributed by atoms with Crippen molar-refractivity contribution in [3.63, 3.8) is 0 Å². The monoisotopic (exact) mass is 317 g/mol. The Bertz CT molecular complexity index is 745. The van der Waals surface area contributed by atoms with E-state index in [1.54, 1.807) is 29.5 Å². The second-order valence-corrected chi connectivity index (χ2v) is 7.08. The Balaban J connectivity index is 1.84. The van der Waals surface area contributed by atoms with E-state index in [-0.39, 0.29) is 11.7 Å². The van der Waals surface area contributed by atoms with Crippen LogP contribution in [0.2, 0.25) is 0 Å². The molecular weight excluding hydrogens is 298 g/mol. The maximum atomic E-state index is 12.7. The summed E-state index contributed by atoms with van der Waals surface area (Å²) in [5, 5.41) is 0.993. The van der Waals surface area contributed by atoms with Crippen LogP contribution in [-0.2, 0) is 13.0 Å². The molecule has 0 saturated heterocycles. The molecule has 1 aliphatic carbocycles. The molecule has 0 fully saturated rings. The zero-order valence-corrected chi connectivity index (χ0v) is 13.8. The second-order valence-electron chi connectivity index (χ2n) is 5.76. The van der Waals surface area contributed by atoms with Crippen LogP contribution in [0.15, 0.2) is 6.20 Å². The maximum absolute atomic E-state index is 12.7. The fourth-order valence-corrected chi connectivity index (χ4v) is 3.81. The molecule has 2 heterocycles. The average molecular weight is 317 g/mol. The van der Waals surface area contributed by atoms with Gasteiger partial charge in [0.15, 0.2) is 5.78 Å². The lowest BCUT2D eigenvalue weighted by molar-refractivity contribution is 0.0780. The Morgan fingerprint density at radius 3 is 2.82 bits per heavy atom. The lowest BCUT2D eigenvalue weighted by Crippen LogP contribution is -2.26. The summed E-state index contributed by atoms with van der Waals surface area (Å²) in [5.41, 5.74) is 2.98. The number of fused-ring (bicyclic) bond motifs is 1. The molecule has 3 rings (SSSR count). The molecule has 0 spiro atoms. The number of ketones is 1. The van der Waals surface area contributed by atoms with Gasteiger partial charge in [-0.2, -0.15) is 0 Å². The van der Waals surface area contributed by atoms with Crippen molar-refractivity contribution in [2.45, 2.75) is 39.7 Å². The molecule has 116 valence electrons. The molecule has 2 aromatic heterocycles. The first-order chi connectivity index (χ1) is 10.5. The van der Waals surface area contributed by atoms with Crippen LogP contribution in [-0.4, -0.2) is 33.6 Å². The van der Waals surface area contributed by atoms with Gasteiger partial charge >= 0.3 is 0 Å². The highest BCUT2D eigenvalue weighted by molar-refractivity contribution is 7.11. The van der Waals surface area contributed by atoms with Crippen molar-refractivity contribution in [1.82, 2.24) is 14.9 Å². The molecule has 1 N–H and O–H groups in total. The van der Waals surface area contributed by atoms with Crippen LogP contribution < -0.4 is 0 Å². The molecule has 0 bridgehead atoms. The number of rotatable bonds is 3. The van der Waals surface area contributed by atoms with Crippen molar-refractivity contribution in [3.05, 3.63) is 38.6 Å². The topological polar surface area (TPSA) is 66.1 Å².